The van der Waals surface area contributed by atoms with E-state index in [1.165, 1.54) is 6.42 Å². The summed E-state index contributed by atoms with van der Waals surface area (Å²) < 4.78 is 1.59. The molecule has 0 radical (unpaired) electrons. The summed E-state index contributed by atoms with van der Waals surface area (Å²) in [5, 5.41) is 3.53. The third-order valence-corrected chi connectivity index (χ3v) is 3.40. The minimum atomic E-state index is -0.00589. The molecule has 1 aliphatic rings. The van der Waals surface area contributed by atoms with Gasteiger partial charge in [0.2, 0.25) is 0 Å². The molecule has 18 heavy (non-hydrogen) atoms. The molecule has 2 heterocycles. The van der Waals surface area contributed by atoms with E-state index in [2.05, 4.69) is 22.1 Å². The molecule has 5 heteroatoms. The number of aromatic nitrogens is 2. The Hall–Kier alpha value is -1.36. The first-order chi connectivity index (χ1) is 8.72. The number of hydrogen-bond donors (Lipinski definition) is 1. The highest BCUT2D eigenvalue weighted by Gasteiger charge is 2.22. The van der Waals surface area contributed by atoms with E-state index < -0.39 is 0 Å². The Bertz CT molecular complexity index is 443. The minimum absolute atomic E-state index is 0.00589. The van der Waals surface area contributed by atoms with Gasteiger partial charge in [-0.25, -0.2) is 4.98 Å². The molecule has 1 aromatic heterocycles. The van der Waals surface area contributed by atoms with E-state index in [-0.39, 0.29) is 5.56 Å². The summed E-state index contributed by atoms with van der Waals surface area (Å²) in [6.07, 6.45) is 6.83. The van der Waals surface area contributed by atoms with Crippen molar-refractivity contribution in [2.75, 3.05) is 24.5 Å². The van der Waals surface area contributed by atoms with Crippen LogP contribution in [0.5, 0.6) is 0 Å². The van der Waals surface area contributed by atoms with Crippen LogP contribution in [0.1, 0.15) is 26.2 Å². The molecule has 0 spiro atoms. The van der Waals surface area contributed by atoms with Crippen LogP contribution in [-0.4, -0.2) is 35.2 Å². The second kappa shape index (κ2) is 6.00. The summed E-state index contributed by atoms with van der Waals surface area (Å²) in [6.45, 7) is 5.02. The fraction of sp³-hybridized carbons (Fsp3) is 0.692. The van der Waals surface area contributed by atoms with Gasteiger partial charge in [-0.3, -0.25) is 4.79 Å². The fourth-order valence-electron chi connectivity index (χ4n) is 2.39. The van der Waals surface area contributed by atoms with Gasteiger partial charge in [0.15, 0.2) is 5.82 Å². The molecule has 5 nitrogen and oxygen atoms in total. The Kier molecular flexibility index (Phi) is 4.36. The monoisotopic (exact) mass is 250 g/mol. The lowest BCUT2D eigenvalue weighted by atomic mass is 10.1. The summed E-state index contributed by atoms with van der Waals surface area (Å²) in [4.78, 5) is 18.4. The standard InChI is InChI=1S/C13H22N4O/c1-3-6-14-11-5-4-8-17(10-11)12-13(18)16(2)9-7-15-12/h7,9,11,14H,3-6,8,10H2,1-2H3. The summed E-state index contributed by atoms with van der Waals surface area (Å²) in [5.74, 6) is 0.586. The molecule has 1 aromatic rings. The molecule has 1 fully saturated rings. The van der Waals surface area contributed by atoms with Crippen LogP contribution in [0.15, 0.2) is 17.2 Å². The lowest BCUT2D eigenvalue weighted by Gasteiger charge is -2.33. The van der Waals surface area contributed by atoms with Crippen molar-refractivity contribution in [2.24, 2.45) is 7.05 Å². The zero-order chi connectivity index (χ0) is 13.0. The highest BCUT2D eigenvalue weighted by atomic mass is 16.1. The van der Waals surface area contributed by atoms with E-state index in [1.54, 1.807) is 24.0 Å². The van der Waals surface area contributed by atoms with Crippen LogP contribution in [0.2, 0.25) is 0 Å². The topological polar surface area (TPSA) is 50.2 Å². The lowest BCUT2D eigenvalue weighted by molar-refractivity contribution is 0.420. The summed E-state index contributed by atoms with van der Waals surface area (Å²) in [5.41, 5.74) is -0.00589. The maximum Gasteiger partial charge on any atom is 0.293 e. The summed E-state index contributed by atoms with van der Waals surface area (Å²) in [7, 11) is 1.77. The number of nitrogens with one attached hydrogen (secondary N) is 1. The van der Waals surface area contributed by atoms with Crippen LogP contribution in [0, 0.1) is 0 Å². The summed E-state index contributed by atoms with van der Waals surface area (Å²) in [6, 6.07) is 0.477. The van der Waals surface area contributed by atoms with Crippen LogP contribution in [0.3, 0.4) is 0 Å². The molecule has 0 aromatic carbocycles. The first kappa shape index (κ1) is 13.1. The van der Waals surface area contributed by atoms with Gasteiger partial charge in [0, 0.05) is 38.6 Å². The normalized spacial score (nSPS) is 20.1. The predicted octanol–water partition coefficient (Wildman–Crippen LogP) is 0.749. The Labute approximate surface area is 108 Å². The highest BCUT2D eigenvalue weighted by molar-refractivity contribution is 5.36. The first-order valence-corrected chi connectivity index (χ1v) is 6.72. The molecule has 0 saturated carbocycles. The van der Waals surface area contributed by atoms with Crippen LogP contribution in [0.4, 0.5) is 5.82 Å². The Balaban J connectivity index is 2.08. The number of piperidine rings is 1. The van der Waals surface area contributed by atoms with E-state index in [4.69, 9.17) is 0 Å². The second-order valence-corrected chi connectivity index (χ2v) is 4.91. The summed E-state index contributed by atoms with van der Waals surface area (Å²) >= 11 is 0. The zero-order valence-corrected chi connectivity index (χ0v) is 11.2. The van der Waals surface area contributed by atoms with Crippen molar-refractivity contribution >= 4 is 5.82 Å². The van der Waals surface area contributed by atoms with Gasteiger partial charge in [-0.05, 0) is 25.8 Å². The average Bonchev–Trinajstić information content (AvgIpc) is 2.40. The van der Waals surface area contributed by atoms with Crippen LogP contribution in [-0.2, 0) is 7.05 Å². The number of nitrogens with zero attached hydrogens (tertiary/aromatic N) is 3. The van der Waals surface area contributed by atoms with Gasteiger partial charge >= 0.3 is 0 Å². The van der Waals surface area contributed by atoms with Gasteiger partial charge in [-0.1, -0.05) is 6.92 Å². The van der Waals surface area contributed by atoms with Crippen molar-refractivity contribution in [3.8, 4) is 0 Å². The average molecular weight is 250 g/mol. The van der Waals surface area contributed by atoms with E-state index in [9.17, 15) is 4.79 Å². The predicted molar refractivity (Wildman–Crippen MR) is 73.0 cm³/mol. The maximum atomic E-state index is 12.0. The van der Waals surface area contributed by atoms with Crippen molar-refractivity contribution in [3.63, 3.8) is 0 Å². The molecule has 1 saturated heterocycles. The van der Waals surface area contributed by atoms with E-state index >= 15 is 0 Å². The SMILES string of the molecule is CCCNC1CCCN(c2nccn(C)c2=O)C1. The maximum absolute atomic E-state index is 12.0. The molecule has 1 aliphatic heterocycles. The number of anilines is 1. The van der Waals surface area contributed by atoms with E-state index in [1.807, 2.05) is 0 Å². The van der Waals surface area contributed by atoms with Gasteiger partial charge in [0.05, 0.1) is 0 Å². The lowest BCUT2D eigenvalue weighted by Crippen LogP contribution is -2.48. The Morgan fingerprint density at radius 1 is 1.56 bits per heavy atom. The number of rotatable bonds is 4. The quantitative estimate of drug-likeness (QED) is 0.856. The highest BCUT2D eigenvalue weighted by Crippen LogP contribution is 2.14. The smallest absolute Gasteiger partial charge is 0.293 e. The van der Waals surface area contributed by atoms with Crippen LogP contribution >= 0.6 is 0 Å². The number of hydrogen-bond acceptors (Lipinski definition) is 4. The molecule has 1 atom stereocenters. The van der Waals surface area contributed by atoms with E-state index in [0.717, 1.165) is 32.5 Å². The van der Waals surface area contributed by atoms with E-state index in [0.29, 0.717) is 11.9 Å². The van der Waals surface area contributed by atoms with Crippen molar-refractivity contribution in [1.82, 2.24) is 14.9 Å². The first-order valence-electron chi connectivity index (χ1n) is 6.72. The van der Waals surface area contributed by atoms with Gasteiger partial charge in [0.25, 0.3) is 5.56 Å². The third-order valence-electron chi connectivity index (χ3n) is 3.40. The van der Waals surface area contributed by atoms with Gasteiger partial charge in [-0.2, -0.15) is 0 Å². The Morgan fingerprint density at radius 2 is 2.39 bits per heavy atom. The molecular weight excluding hydrogens is 228 g/mol. The van der Waals surface area contributed by atoms with Gasteiger partial charge < -0.3 is 14.8 Å². The largest absolute Gasteiger partial charge is 0.350 e. The zero-order valence-electron chi connectivity index (χ0n) is 11.2. The van der Waals surface area contributed by atoms with Crippen LogP contribution in [0.25, 0.3) is 0 Å². The van der Waals surface area contributed by atoms with Crippen molar-refractivity contribution in [2.45, 2.75) is 32.2 Å². The minimum Gasteiger partial charge on any atom is -0.350 e. The molecular formula is C13H22N4O. The van der Waals surface area contributed by atoms with Gasteiger partial charge in [0.1, 0.15) is 0 Å². The molecule has 1 N–H and O–H groups in total. The van der Waals surface area contributed by atoms with Crippen LogP contribution < -0.4 is 15.8 Å². The molecule has 0 amide bonds. The number of aryl methyl sites for hydroxylation is 1. The molecule has 2 rings (SSSR count). The van der Waals surface area contributed by atoms with Crippen molar-refractivity contribution < 1.29 is 0 Å². The van der Waals surface area contributed by atoms with Gasteiger partial charge in [-0.15, -0.1) is 0 Å². The molecule has 0 bridgehead atoms. The Morgan fingerprint density at radius 3 is 3.17 bits per heavy atom. The molecule has 1 unspecified atom stereocenters. The second-order valence-electron chi connectivity index (χ2n) is 4.91. The molecule has 100 valence electrons. The molecule has 0 aliphatic carbocycles. The van der Waals surface area contributed by atoms with Crippen molar-refractivity contribution in [1.29, 1.82) is 0 Å². The van der Waals surface area contributed by atoms with Crippen molar-refractivity contribution in [3.05, 3.63) is 22.7 Å². The fourth-order valence-corrected chi connectivity index (χ4v) is 2.39. The third kappa shape index (κ3) is 2.90.